The predicted octanol–water partition coefficient (Wildman–Crippen LogP) is 0.531. The van der Waals surface area contributed by atoms with E-state index in [0.29, 0.717) is 31.1 Å². The van der Waals surface area contributed by atoms with Crippen LogP contribution in [0.5, 0.6) is 0 Å². The van der Waals surface area contributed by atoms with Gasteiger partial charge in [0.15, 0.2) is 0 Å². The number of aromatic nitrogens is 2. The summed E-state index contributed by atoms with van der Waals surface area (Å²) in [6, 6.07) is 0. The van der Waals surface area contributed by atoms with E-state index >= 15 is 0 Å². The van der Waals surface area contributed by atoms with Crippen molar-refractivity contribution in [3.05, 3.63) is 11.4 Å². The van der Waals surface area contributed by atoms with E-state index in [1.54, 1.807) is 6.92 Å². The van der Waals surface area contributed by atoms with Crippen LogP contribution in [0.3, 0.4) is 0 Å². The van der Waals surface area contributed by atoms with Gasteiger partial charge >= 0.3 is 0 Å². The highest BCUT2D eigenvalue weighted by molar-refractivity contribution is 7.89. The molecule has 21 heavy (non-hydrogen) atoms. The van der Waals surface area contributed by atoms with E-state index in [2.05, 4.69) is 20.2 Å². The van der Waals surface area contributed by atoms with Crippen molar-refractivity contribution in [3.63, 3.8) is 0 Å². The molecule has 1 aromatic rings. The first-order valence-corrected chi connectivity index (χ1v) is 8.79. The maximum absolute atomic E-state index is 12.5. The molecule has 7 nitrogen and oxygen atoms in total. The molecule has 8 heteroatoms. The maximum atomic E-state index is 12.5. The van der Waals surface area contributed by atoms with E-state index in [1.165, 1.54) is 0 Å². The van der Waals surface area contributed by atoms with Gasteiger partial charge in [-0.1, -0.05) is 6.92 Å². The average Bonchev–Trinajstić information content (AvgIpc) is 3.00. The minimum Gasteiger partial charge on any atom is -0.378 e. The molecule has 2 rings (SSSR count). The second-order valence-electron chi connectivity index (χ2n) is 5.38. The van der Waals surface area contributed by atoms with E-state index < -0.39 is 10.0 Å². The summed E-state index contributed by atoms with van der Waals surface area (Å²) >= 11 is 0. The molecule has 2 atom stereocenters. The quantitative estimate of drug-likeness (QED) is 0.682. The van der Waals surface area contributed by atoms with E-state index in [4.69, 9.17) is 4.74 Å². The van der Waals surface area contributed by atoms with E-state index in [1.807, 2.05) is 13.8 Å². The van der Waals surface area contributed by atoms with Crippen molar-refractivity contribution in [2.75, 3.05) is 19.7 Å². The number of H-pyrrole nitrogens is 1. The zero-order valence-corrected chi connectivity index (χ0v) is 13.6. The molecule has 1 aromatic heterocycles. The number of aromatic amines is 1. The van der Waals surface area contributed by atoms with Gasteiger partial charge in [-0.05, 0) is 26.8 Å². The standard InChI is InChI=1S/C13H24N4O3S/c1-4-14-8-12-13(9(2)16-17-12)21(18,19)15-7-11-5-6-20-10(11)3/h10-11,14-15H,4-8H2,1-3H3,(H,16,17). The second kappa shape index (κ2) is 6.87. The van der Waals surface area contributed by atoms with Gasteiger partial charge in [0.1, 0.15) is 4.90 Å². The molecule has 0 bridgehead atoms. The predicted molar refractivity (Wildman–Crippen MR) is 79.4 cm³/mol. The van der Waals surface area contributed by atoms with Gasteiger partial charge in [-0.2, -0.15) is 5.10 Å². The monoisotopic (exact) mass is 316 g/mol. The minimum absolute atomic E-state index is 0.0966. The highest BCUT2D eigenvalue weighted by atomic mass is 32.2. The van der Waals surface area contributed by atoms with E-state index in [9.17, 15) is 8.42 Å². The number of nitrogens with zero attached hydrogens (tertiary/aromatic N) is 1. The van der Waals surface area contributed by atoms with Crippen LogP contribution < -0.4 is 10.0 Å². The summed E-state index contributed by atoms with van der Waals surface area (Å²) in [6.07, 6.45) is 0.984. The Hall–Kier alpha value is -0.960. The average molecular weight is 316 g/mol. The number of nitrogens with one attached hydrogen (secondary N) is 3. The maximum Gasteiger partial charge on any atom is 0.244 e. The molecule has 1 fully saturated rings. The molecular weight excluding hydrogens is 292 g/mol. The van der Waals surface area contributed by atoms with Crippen molar-refractivity contribution in [1.29, 1.82) is 0 Å². The van der Waals surface area contributed by atoms with E-state index in [-0.39, 0.29) is 16.9 Å². The van der Waals surface area contributed by atoms with Crippen molar-refractivity contribution in [2.45, 2.75) is 44.7 Å². The highest BCUT2D eigenvalue weighted by Gasteiger charge is 2.28. The van der Waals surface area contributed by atoms with Gasteiger partial charge in [-0.3, -0.25) is 5.10 Å². The summed E-state index contributed by atoms with van der Waals surface area (Å²) in [4.78, 5) is 0.259. The fraction of sp³-hybridized carbons (Fsp3) is 0.769. The Bertz CT molecular complexity index is 570. The number of hydrogen-bond donors (Lipinski definition) is 3. The van der Waals surface area contributed by atoms with Gasteiger partial charge in [0.05, 0.1) is 17.5 Å². The summed E-state index contributed by atoms with van der Waals surface area (Å²) in [7, 11) is -3.56. The molecule has 0 radical (unpaired) electrons. The highest BCUT2D eigenvalue weighted by Crippen LogP contribution is 2.22. The first-order chi connectivity index (χ1) is 9.95. The molecule has 0 amide bonds. The molecule has 3 N–H and O–H groups in total. The van der Waals surface area contributed by atoms with Crippen LogP contribution in [0.4, 0.5) is 0 Å². The zero-order valence-electron chi connectivity index (χ0n) is 12.8. The number of rotatable bonds is 7. The van der Waals surface area contributed by atoms with Crippen LogP contribution in [0, 0.1) is 12.8 Å². The van der Waals surface area contributed by atoms with Crippen molar-refractivity contribution >= 4 is 10.0 Å². The second-order valence-corrected chi connectivity index (χ2v) is 7.09. The lowest BCUT2D eigenvalue weighted by atomic mass is 10.0. The Balaban J connectivity index is 2.09. The fourth-order valence-corrected chi connectivity index (χ4v) is 3.98. The summed E-state index contributed by atoms with van der Waals surface area (Å²) in [6.45, 7) is 7.95. The van der Waals surface area contributed by atoms with Crippen LogP contribution in [0.2, 0.25) is 0 Å². The molecule has 1 saturated heterocycles. The molecule has 120 valence electrons. The van der Waals surface area contributed by atoms with Crippen molar-refractivity contribution in [3.8, 4) is 0 Å². The van der Waals surface area contributed by atoms with E-state index in [0.717, 1.165) is 13.0 Å². The Morgan fingerprint density at radius 3 is 2.86 bits per heavy atom. The summed E-state index contributed by atoms with van der Waals surface area (Å²) in [5.74, 6) is 0.226. The lowest BCUT2D eigenvalue weighted by Crippen LogP contribution is -2.33. The van der Waals surface area contributed by atoms with Gasteiger partial charge in [0.2, 0.25) is 10.0 Å². The number of hydrogen-bond acceptors (Lipinski definition) is 5. The number of aryl methyl sites for hydroxylation is 1. The van der Waals surface area contributed by atoms with Crippen LogP contribution >= 0.6 is 0 Å². The van der Waals surface area contributed by atoms with Crippen LogP contribution in [0.1, 0.15) is 31.7 Å². The molecule has 0 saturated carbocycles. The first kappa shape index (κ1) is 16.4. The molecule has 0 aromatic carbocycles. The lowest BCUT2D eigenvalue weighted by molar-refractivity contribution is 0.107. The van der Waals surface area contributed by atoms with Crippen LogP contribution in [0.15, 0.2) is 4.90 Å². The summed E-state index contributed by atoms with van der Waals surface area (Å²) in [5.41, 5.74) is 1.09. The van der Waals surface area contributed by atoms with Gasteiger partial charge in [-0.25, -0.2) is 13.1 Å². The minimum atomic E-state index is -3.56. The summed E-state index contributed by atoms with van der Waals surface area (Å²) < 4.78 is 33.2. The lowest BCUT2D eigenvalue weighted by Gasteiger charge is -2.15. The van der Waals surface area contributed by atoms with Crippen LogP contribution in [-0.2, 0) is 21.3 Å². The third-order valence-corrected chi connectivity index (χ3v) is 5.47. The first-order valence-electron chi connectivity index (χ1n) is 7.31. The topological polar surface area (TPSA) is 96.1 Å². The fourth-order valence-electron chi connectivity index (χ4n) is 2.52. The van der Waals surface area contributed by atoms with Crippen molar-refractivity contribution in [1.82, 2.24) is 20.2 Å². The smallest absolute Gasteiger partial charge is 0.244 e. The van der Waals surface area contributed by atoms with Gasteiger partial charge < -0.3 is 10.1 Å². The third kappa shape index (κ3) is 3.82. The molecule has 0 spiro atoms. The number of ether oxygens (including phenoxy) is 1. The summed E-state index contributed by atoms with van der Waals surface area (Å²) in [5, 5.41) is 9.94. The third-order valence-electron chi connectivity index (χ3n) is 3.84. The molecule has 1 aliphatic heterocycles. The van der Waals surface area contributed by atoms with Crippen LogP contribution in [0.25, 0.3) is 0 Å². The number of sulfonamides is 1. The normalized spacial score (nSPS) is 22.8. The van der Waals surface area contributed by atoms with Crippen molar-refractivity contribution in [2.24, 2.45) is 5.92 Å². The Kier molecular flexibility index (Phi) is 5.37. The zero-order chi connectivity index (χ0) is 15.5. The molecule has 2 heterocycles. The Labute approximate surface area is 125 Å². The van der Waals surface area contributed by atoms with Crippen LogP contribution in [-0.4, -0.2) is 44.4 Å². The SMILES string of the molecule is CCNCc1n[nH]c(C)c1S(=O)(=O)NCC1CCOC1C. The van der Waals surface area contributed by atoms with Gasteiger partial charge in [0.25, 0.3) is 0 Å². The van der Waals surface area contributed by atoms with Crippen molar-refractivity contribution < 1.29 is 13.2 Å². The molecule has 1 aliphatic rings. The Morgan fingerprint density at radius 2 is 2.24 bits per heavy atom. The Morgan fingerprint density at radius 1 is 1.48 bits per heavy atom. The molecule has 2 unspecified atom stereocenters. The molecular formula is C13H24N4O3S. The van der Waals surface area contributed by atoms with Gasteiger partial charge in [-0.15, -0.1) is 0 Å². The molecule has 0 aliphatic carbocycles. The van der Waals surface area contributed by atoms with Gasteiger partial charge in [0, 0.05) is 25.6 Å². The largest absolute Gasteiger partial charge is 0.378 e.